The van der Waals surface area contributed by atoms with Crippen LogP contribution in [0, 0.1) is 0 Å². The van der Waals surface area contributed by atoms with Gasteiger partial charge in [0.25, 0.3) is 5.91 Å². The summed E-state index contributed by atoms with van der Waals surface area (Å²) < 4.78 is 85.6. The Labute approximate surface area is 179 Å². The smallest absolute Gasteiger partial charge is 0.321 e. The number of amides is 1. The Morgan fingerprint density at radius 1 is 1.09 bits per heavy atom. The van der Waals surface area contributed by atoms with Crippen molar-refractivity contribution in [3.05, 3.63) is 58.9 Å². The molecule has 0 aliphatic heterocycles. The van der Waals surface area contributed by atoms with E-state index in [-0.39, 0.29) is 11.3 Å². The van der Waals surface area contributed by atoms with E-state index in [1.807, 2.05) is 0 Å². The second kappa shape index (κ2) is 7.58. The minimum absolute atomic E-state index is 0.126. The van der Waals surface area contributed by atoms with Crippen molar-refractivity contribution in [1.29, 1.82) is 0 Å². The van der Waals surface area contributed by atoms with E-state index in [1.54, 1.807) is 11.4 Å². The maximum atomic E-state index is 14.0. The van der Waals surface area contributed by atoms with Crippen LogP contribution in [0.25, 0.3) is 22.2 Å². The first-order valence-corrected chi connectivity index (χ1v) is 9.62. The largest absolute Gasteiger partial charge is 0.433 e. The molecular weight excluding hydrogens is 460 g/mol. The molecule has 0 saturated carbocycles. The molecule has 13 heteroatoms. The zero-order valence-electron chi connectivity index (χ0n) is 15.9. The summed E-state index contributed by atoms with van der Waals surface area (Å²) in [6, 6.07) is 6.13. The molecule has 0 saturated heterocycles. The number of rotatable bonds is 3. The van der Waals surface area contributed by atoms with Crippen LogP contribution in [-0.2, 0) is 19.4 Å². The second-order valence-electron chi connectivity index (χ2n) is 6.63. The summed E-state index contributed by atoms with van der Waals surface area (Å²) in [4.78, 5) is 15.9. The molecule has 32 heavy (non-hydrogen) atoms. The van der Waals surface area contributed by atoms with Crippen LogP contribution >= 0.6 is 11.5 Å². The molecule has 3 aromatic heterocycles. The van der Waals surface area contributed by atoms with Crippen molar-refractivity contribution >= 4 is 34.0 Å². The average molecular weight is 471 g/mol. The molecule has 0 bridgehead atoms. The first-order valence-electron chi connectivity index (χ1n) is 8.79. The number of nitrogens with one attached hydrogen (secondary N) is 1. The van der Waals surface area contributed by atoms with Gasteiger partial charge in [-0.1, -0.05) is 12.1 Å². The lowest BCUT2D eigenvalue weighted by atomic mass is 10.0. The lowest BCUT2D eigenvalue weighted by Crippen LogP contribution is -2.21. The molecule has 0 fully saturated rings. The van der Waals surface area contributed by atoms with Crippen LogP contribution in [0.3, 0.4) is 0 Å². The number of pyridine rings is 1. The molecule has 4 aromatic rings. The molecule has 0 spiro atoms. The van der Waals surface area contributed by atoms with Gasteiger partial charge in [-0.3, -0.25) is 14.5 Å². The maximum Gasteiger partial charge on any atom is 0.433 e. The number of aromatic nitrogens is 4. The van der Waals surface area contributed by atoms with Gasteiger partial charge in [-0.25, -0.2) is 0 Å². The summed E-state index contributed by atoms with van der Waals surface area (Å²) in [6.45, 7) is 0. The number of fused-ring (bicyclic) bond motifs is 1. The fraction of sp³-hybridized carbons (Fsp3) is 0.158. The molecule has 0 radical (unpaired) electrons. The number of aryl methyl sites for hydroxylation is 1. The summed E-state index contributed by atoms with van der Waals surface area (Å²) in [7, 11) is 1.15. The van der Waals surface area contributed by atoms with Crippen LogP contribution < -0.4 is 5.32 Å². The highest BCUT2D eigenvalue weighted by atomic mass is 32.1. The lowest BCUT2D eigenvalue weighted by molar-refractivity contribution is -0.141. The molecule has 1 amide bonds. The minimum Gasteiger partial charge on any atom is -0.321 e. The number of halogens is 6. The topological polar surface area (TPSA) is 72.7 Å². The van der Waals surface area contributed by atoms with Crippen LogP contribution in [0.2, 0.25) is 0 Å². The maximum absolute atomic E-state index is 14.0. The van der Waals surface area contributed by atoms with Crippen molar-refractivity contribution in [3.8, 4) is 11.3 Å². The SMILES string of the molecule is Cn1nc(-c2cccc3nscc23)c(C(F)(F)F)c1C(=O)Nc1ccnc(C(F)(F)F)c1. The van der Waals surface area contributed by atoms with Crippen molar-refractivity contribution in [1.82, 2.24) is 19.1 Å². The summed E-state index contributed by atoms with van der Waals surface area (Å²) >= 11 is 1.05. The van der Waals surface area contributed by atoms with Gasteiger partial charge in [0.2, 0.25) is 0 Å². The summed E-state index contributed by atoms with van der Waals surface area (Å²) in [5, 5.41) is 7.98. The number of anilines is 1. The third-order valence-electron chi connectivity index (χ3n) is 4.51. The van der Waals surface area contributed by atoms with E-state index < -0.39 is 40.9 Å². The van der Waals surface area contributed by atoms with Crippen LogP contribution in [0.5, 0.6) is 0 Å². The van der Waals surface area contributed by atoms with Crippen LogP contribution in [0.15, 0.2) is 41.9 Å². The third kappa shape index (κ3) is 3.90. The van der Waals surface area contributed by atoms with Crippen molar-refractivity contribution in [2.24, 2.45) is 7.05 Å². The van der Waals surface area contributed by atoms with Gasteiger partial charge in [-0.2, -0.15) is 35.8 Å². The molecule has 0 unspecified atom stereocenters. The summed E-state index contributed by atoms with van der Waals surface area (Å²) in [5.41, 5.74) is -3.71. The van der Waals surface area contributed by atoms with Crippen LogP contribution in [0.4, 0.5) is 32.0 Å². The Balaban J connectivity index is 1.82. The molecule has 0 aliphatic rings. The number of hydrogen-bond donors (Lipinski definition) is 1. The molecule has 1 N–H and O–H groups in total. The first-order chi connectivity index (χ1) is 15.0. The molecule has 3 heterocycles. The fourth-order valence-corrected chi connectivity index (χ4v) is 3.87. The van der Waals surface area contributed by atoms with Crippen molar-refractivity contribution in [2.75, 3.05) is 5.32 Å². The van der Waals surface area contributed by atoms with Crippen molar-refractivity contribution in [2.45, 2.75) is 12.4 Å². The Bertz CT molecular complexity index is 1320. The average Bonchev–Trinajstić information content (AvgIpc) is 3.31. The van der Waals surface area contributed by atoms with Gasteiger partial charge >= 0.3 is 12.4 Å². The normalized spacial score (nSPS) is 12.3. The molecule has 0 atom stereocenters. The number of carbonyl (C=O) groups excluding carboxylic acids is 1. The number of nitrogens with zero attached hydrogens (tertiary/aromatic N) is 4. The van der Waals surface area contributed by atoms with Gasteiger partial charge < -0.3 is 5.32 Å². The van der Waals surface area contributed by atoms with Gasteiger partial charge in [0.15, 0.2) is 0 Å². The summed E-state index contributed by atoms with van der Waals surface area (Å²) in [5.74, 6) is -1.27. The highest BCUT2D eigenvalue weighted by Gasteiger charge is 2.42. The standard InChI is InChI=1S/C19H11F6N5OS/c1-30-16(17(31)27-9-5-6-26-13(7-9)18(20,21)22)14(19(23,24)25)15(28-30)10-3-2-4-12-11(10)8-32-29-12/h2-8H,1H3,(H,26,27,31). The van der Waals surface area contributed by atoms with E-state index in [1.165, 1.54) is 12.1 Å². The second-order valence-corrected chi connectivity index (χ2v) is 7.26. The molecular formula is C19H11F6N5OS. The number of alkyl halides is 6. The van der Waals surface area contributed by atoms with Gasteiger partial charge in [0.1, 0.15) is 22.6 Å². The van der Waals surface area contributed by atoms with Crippen LogP contribution in [-0.4, -0.2) is 25.0 Å². The number of benzene rings is 1. The highest BCUT2D eigenvalue weighted by molar-refractivity contribution is 7.04. The van der Waals surface area contributed by atoms with Crippen molar-refractivity contribution < 1.29 is 31.1 Å². The predicted molar refractivity (Wildman–Crippen MR) is 104 cm³/mol. The van der Waals surface area contributed by atoms with E-state index in [2.05, 4.69) is 19.8 Å². The molecule has 0 aliphatic carbocycles. The molecule has 6 nitrogen and oxygen atoms in total. The monoisotopic (exact) mass is 471 g/mol. The van der Waals surface area contributed by atoms with Gasteiger partial charge in [0, 0.05) is 35.3 Å². The van der Waals surface area contributed by atoms with Crippen LogP contribution in [0.1, 0.15) is 21.7 Å². The van der Waals surface area contributed by atoms with E-state index in [9.17, 15) is 31.1 Å². The lowest BCUT2D eigenvalue weighted by Gasteiger charge is -2.12. The quantitative estimate of drug-likeness (QED) is 0.407. The van der Waals surface area contributed by atoms with Gasteiger partial charge in [0.05, 0.1) is 5.52 Å². The molecule has 4 rings (SSSR count). The van der Waals surface area contributed by atoms with Gasteiger partial charge in [-0.15, -0.1) is 0 Å². The van der Waals surface area contributed by atoms with Crippen molar-refractivity contribution in [3.63, 3.8) is 0 Å². The first kappa shape index (κ1) is 21.7. The number of carbonyl (C=O) groups is 1. The Kier molecular flexibility index (Phi) is 5.15. The Hall–Kier alpha value is -3.48. The molecule has 166 valence electrons. The van der Waals surface area contributed by atoms with E-state index in [0.29, 0.717) is 17.0 Å². The van der Waals surface area contributed by atoms with E-state index >= 15 is 0 Å². The zero-order valence-corrected chi connectivity index (χ0v) is 16.7. The molecule has 1 aromatic carbocycles. The predicted octanol–water partition coefficient (Wildman–Crippen LogP) is 5.38. The van der Waals surface area contributed by atoms with E-state index in [0.717, 1.165) is 35.5 Å². The fourth-order valence-electron chi connectivity index (χ4n) is 3.19. The Morgan fingerprint density at radius 2 is 1.84 bits per heavy atom. The zero-order chi connectivity index (χ0) is 23.3. The number of hydrogen-bond acceptors (Lipinski definition) is 5. The Morgan fingerprint density at radius 3 is 2.53 bits per heavy atom. The van der Waals surface area contributed by atoms with E-state index in [4.69, 9.17) is 0 Å². The highest BCUT2D eigenvalue weighted by Crippen LogP contribution is 2.41. The minimum atomic E-state index is -4.97. The third-order valence-corrected chi connectivity index (χ3v) is 5.16. The van der Waals surface area contributed by atoms with Gasteiger partial charge in [-0.05, 0) is 29.7 Å². The summed E-state index contributed by atoms with van der Waals surface area (Å²) in [6.07, 6.45) is -8.97.